The Bertz CT molecular complexity index is 903. The van der Waals surface area contributed by atoms with Crippen LogP contribution in [0.1, 0.15) is 31.9 Å². The van der Waals surface area contributed by atoms with Crippen molar-refractivity contribution in [2.75, 3.05) is 52.4 Å². The van der Waals surface area contributed by atoms with Crippen molar-refractivity contribution in [2.45, 2.75) is 38.6 Å². The summed E-state index contributed by atoms with van der Waals surface area (Å²) in [6.45, 7) is 3.56. The predicted octanol–water partition coefficient (Wildman–Crippen LogP) is 0.224. The van der Waals surface area contributed by atoms with Crippen molar-refractivity contribution in [1.82, 2.24) is 14.7 Å². The van der Waals surface area contributed by atoms with Gasteiger partial charge in [0.25, 0.3) is 0 Å². The van der Waals surface area contributed by atoms with Crippen molar-refractivity contribution in [3.05, 3.63) is 35.4 Å². The van der Waals surface area contributed by atoms with E-state index in [9.17, 15) is 29.1 Å². The minimum atomic E-state index is -1.25. The molecule has 0 fully saturated rings. The Morgan fingerprint density at radius 3 is 1.32 bits per heavy atom. The van der Waals surface area contributed by atoms with Gasteiger partial charge in [0.15, 0.2) is 0 Å². The number of benzene rings is 1. The first-order valence-electron chi connectivity index (χ1n) is 12.0. The quantitative estimate of drug-likeness (QED) is 0.170. The van der Waals surface area contributed by atoms with Gasteiger partial charge >= 0.3 is 29.8 Å². The van der Waals surface area contributed by atoms with E-state index in [0.29, 0.717) is 0 Å². The molecule has 1 rings (SSSR count). The highest BCUT2D eigenvalue weighted by Crippen LogP contribution is 2.23. The minimum Gasteiger partial charge on any atom is -0.480 e. The highest BCUT2D eigenvalue weighted by Gasteiger charge is 2.28. The average Bonchev–Trinajstić information content (AvgIpc) is 2.75. The summed E-state index contributed by atoms with van der Waals surface area (Å²) in [4.78, 5) is 60.8. The Balaban J connectivity index is 3.21. The van der Waals surface area contributed by atoms with Crippen molar-refractivity contribution in [2.24, 2.45) is 0 Å². The fraction of sp³-hybridized carbons (Fsp3) is 0.560. The summed E-state index contributed by atoms with van der Waals surface area (Å²) in [6.07, 6.45) is 0.0650. The van der Waals surface area contributed by atoms with Crippen LogP contribution in [0.2, 0.25) is 0 Å². The Morgan fingerprint density at radius 2 is 1.03 bits per heavy atom. The third-order valence-electron chi connectivity index (χ3n) is 5.82. The van der Waals surface area contributed by atoms with Crippen LogP contribution in [0.5, 0.6) is 0 Å². The van der Waals surface area contributed by atoms with Crippen LogP contribution < -0.4 is 0 Å². The van der Waals surface area contributed by atoms with Gasteiger partial charge in [-0.05, 0) is 23.0 Å². The minimum absolute atomic E-state index is 0.0500. The topological polar surface area (TPSA) is 196 Å². The Kier molecular flexibility index (Phi) is 12.8. The molecule has 0 radical (unpaired) electrons. The van der Waals surface area contributed by atoms with Crippen LogP contribution in [0.4, 0.5) is 0 Å². The average molecular weight is 540 g/mol. The van der Waals surface area contributed by atoms with Crippen molar-refractivity contribution in [3.8, 4) is 0 Å². The van der Waals surface area contributed by atoms with Gasteiger partial charge in [-0.3, -0.25) is 38.7 Å². The van der Waals surface area contributed by atoms with E-state index in [4.69, 9.17) is 20.4 Å². The molecule has 13 heteroatoms. The number of nitrogens with zero attached hydrogens (tertiary/aromatic N) is 3. The molecule has 1 atom stereocenters. The van der Waals surface area contributed by atoms with Gasteiger partial charge in [-0.15, -0.1) is 0 Å². The molecule has 13 nitrogen and oxygen atoms in total. The number of carboxylic acid groups (broad SMARTS) is 5. The normalized spacial score (nSPS) is 12.6. The summed E-state index contributed by atoms with van der Waals surface area (Å²) >= 11 is 0. The lowest BCUT2D eigenvalue weighted by Crippen LogP contribution is -2.50. The number of aliphatic carboxylic acids is 5. The Labute approximate surface area is 220 Å². The molecule has 1 unspecified atom stereocenters. The summed E-state index contributed by atoms with van der Waals surface area (Å²) in [6, 6.07) is 6.32. The lowest BCUT2D eigenvalue weighted by molar-refractivity contribution is -0.146. The first-order valence-corrected chi connectivity index (χ1v) is 12.0. The number of hydrogen-bond acceptors (Lipinski definition) is 8. The van der Waals surface area contributed by atoms with E-state index in [1.807, 2.05) is 45.0 Å². The van der Waals surface area contributed by atoms with Crippen molar-refractivity contribution in [3.63, 3.8) is 0 Å². The van der Waals surface area contributed by atoms with Gasteiger partial charge in [0.1, 0.15) is 6.04 Å². The summed E-state index contributed by atoms with van der Waals surface area (Å²) < 4.78 is 0. The number of carbonyl (C=O) groups is 5. The van der Waals surface area contributed by atoms with Crippen LogP contribution in [0.3, 0.4) is 0 Å². The molecule has 0 aliphatic carbocycles. The van der Waals surface area contributed by atoms with E-state index in [1.165, 1.54) is 4.90 Å². The maximum absolute atomic E-state index is 12.3. The first-order chi connectivity index (χ1) is 17.6. The molecule has 0 spiro atoms. The molecule has 0 aliphatic heterocycles. The van der Waals surface area contributed by atoms with Gasteiger partial charge in [-0.2, -0.15) is 0 Å². The summed E-state index contributed by atoms with van der Waals surface area (Å²) in [7, 11) is 0. The molecular weight excluding hydrogens is 502 g/mol. The zero-order chi connectivity index (χ0) is 29.0. The van der Waals surface area contributed by atoms with Crippen LogP contribution in [0.15, 0.2) is 24.3 Å². The van der Waals surface area contributed by atoms with E-state index in [0.717, 1.165) is 20.9 Å². The molecule has 1 aromatic rings. The Hall–Kier alpha value is -3.55. The van der Waals surface area contributed by atoms with E-state index < -0.39 is 62.1 Å². The van der Waals surface area contributed by atoms with E-state index >= 15 is 0 Å². The van der Waals surface area contributed by atoms with E-state index in [-0.39, 0.29) is 38.0 Å². The molecule has 5 N–H and O–H groups in total. The zero-order valence-corrected chi connectivity index (χ0v) is 21.9. The fourth-order valence-electron chi connectivity index (χ4n) is 3.89. The second kappa shape index (κ2) is 15.0. The molecule has 0 aromatic heterocycles. The molecule has 38 heavy (non-hydrogen) atoms. The third-order valence-corrected chi connectivity index (χ3v) is 5.82. The largest absolute Gasteiger partial charge is 0.480 e. The second-order valence-electron chi connectivity index (χ2n) is 10.0. The van der Waals surface area contributed by atoms with Crippen LogP contribution in [-0.2, 0) is 35.8 Å². The number of carboxylic acids is 5. The molecule has 0 saturated carbocycles. The predicted molar refractivity (Wildman–Crippen MR) is 135 cm³/mol. The van der Waals surface area contributed by atoms with Gasteiger partial charge in [-0.25, -0.2) is 0 Å². The van der Waals surface area contributed by atoms with E-state index in [2.05, 4.69) is 0 Å². The second-order valence-corrected chi connectivity index (χ2v) is 10.0. The van der Waals surface area contributed by atoms with Gasteiger partial charge in [-0.1, -0.05) is 45.0 Å². The number of rotatable bonds is 18. The summed E-state index contributed by atoms with van der Waals surface area (Å²) in [5, 5.41) is 46.5. The molecule has 0 bridgehead atoms. The molecule has 212 valence electrons. The highest BCUT2D eigenvalue weighted by atomic mass is 16.4. The van der Waals surface area contributed by atoms with Gasteiger partial charge in [0.2, 0.25) is 0 Å². The summed E-state index contributed by atoms with van der Waals surface area (Å²) in [5.74, 6) is -6.18. The lowest BCUT2D eigenvalue weighted by Gasteiger charge is -2.32. The molecule has 1 aromatic carbocycles. The van der Waals surface area contributed by atoms with Crippen molar-refractivity contribution >= 4 is 29.8 Å². The van der Waals surface area contributed by atoms with Gasteiger partial charge in [0.05, 0.1) is 26.2 Å². The fourth-order valence-corrected chi connectivity index (χ4v) is 3.89. The van der Waals surface area contributed by atoms with Crippen LogP contribution in [0.25, 0.3) is 0 Å². The van der Waals surface area contributed by atoms with Crippen molar-refractivity contribution < 1.29 is 49.5 Å². The van der Waals surface area contributed by atoms with Crippen LogP contribution in [-0.4, -0.2) is 128 Å². The molecule has 0 heterocycles. The number of hydrogen-bond donors (Lipinski definition) is 5. The highest BCUT2D eigenvalue weighted by molar-refractivity contribution is 5.74. The SMILES string of the molecule is CC(C)(C)c1ccc(CC(C(=O)O)N(CCN(CC(=O)O)CC(=O)O)CCN(CC(=O)O)CC(=O)O)cc1. The maximum atomic E-state index is 12.3. The van der Waals surface area contributed by atoms with Gasteiger partial charge in [0, 0.05) is 26.2 Å². The zero-order valence-electron chi connectivity index (χ0n) is 21.9. The monoisotopic (exact) mass is 539 g/mol. The Morgan fingerprint density at radius 1 is 0.658 bits per heavy atom. The standard InChI is InChI=1S/C25H37N3O10/c1-25(2,3)18-6-4-17(5-7-18)12-19(24(37)38)28(10-8-26(13-20(29)30)14-21(31)32)11-9-27(15-22(33)34)16-23(35)36/h4-7,19H,8-16H2,1-3H3,(H,29,30)(H,31,32)(H,33,34)(H,35,36)(H,37,38). The smallest absolute Gasteiger partial charge is 0.321 e. The first kappa shape index (κ1) is 32.5. The molecule has 0 saturated heterocycles. The van der Waals surface area contributed by atoms with Crippen LogP contribution in [0, 0.1) is 0 Å². The molecule has 0 amide bonds. The van der Waals surface area contributed by atoms with Crippen LogP contribution >= 0.6 is 0 Å². The molecule has 0 aliphatic rings. The van der Waals surface area contributed by atoms with Gasteiger partial charge < -0.3 is 25.5 Å². The maximum Gasteiger partial charge on any atom is 0.321 e. The van der Waals surface area contributed by atoms with E-state index in [1.54, 1.807) is 0 Å². The van der Waals surface area contributed by atoms with Crippen molar-refractivity contribution in [1.29, 1.82) is 0 Å². The lowest BCUT2D eigenvalue weighted by atomic mass is 9.86. The summed E-state index contributed by atoms with van der Waals surface area (Å²) in [5.41, 5.74) is 1.67. The third kappa shape index (κ3) is 12.6. The molecular formula is C25H37N3O10.